The third kappa shape index (κ3) is 4.42. The van der Waals surface area contributed by atoms with E-state index in [1.165, 1.54) is 4.90 Å². The molecule has 3 aliphatic rings. The van der Waals surface area contributed by atoms with Crippen LogP contribution in [0, 0.1) is 11.8 Å². The van der Waals surface area contributed by atoms with Crippen molar-refractivity contribution in [1.82, 2.24) is 14.7 Å². The fourth-order valence-electron chi connectivity index (χ4n) is 4.53. The van der Waals surface area contributed by atoms with Gasteiger partial charge in [-0.2, -0.15) is 0 Å². The minimum atomic E-state index is -0.813. The first-order chi connectivity index (χ1) is 12.9. The van der Waals surface area contributed by atoms with Crippen molar-refractivity contribution in [3.05, 3.63) is 0 Å². The number of hydrogen-bond acceptors (Lipinski definition) is 4. The molecule has 1 N–H and O–H groups in total. The molecule has 3 fully saturated rings. The van der Waals surface area contributed by atoms with E-state index >= 15 is 0 Å². The molecule has 1 atom stereocenters. The number of carboxylic acids is 1. The van der Waals surface area contributed by atoms with E-state index in [9.17, 15) is 19.2 Å². The lowest BCUT2D eigenvalue weighted by molar-refractivity contribution is -0.147. The third-order valence-corrected chi connectivity index (χ3v) is 6.22. The zero-order valence-electron chi connectivity index (χ0n) is 15.9. The van der Waals surface area contributed by atoms with Crippen LogP contribution >= 0.6 is 0 Å². The number of aliphatic carboxylic acids is 1. The molecule has 3 rings (SSSR count). The number of carbonyl (C=O) groups is 4. The normalized spacial score (nSPS) is 24.5. The lowest BCUT2D eigenvalue weighted by atomic mass is 9.97. The predicted octanol–water partition coefficient (Wildman–Crippen LogP) is 0.559. The molecule has 1 unspecified atom stereocenters. The predicted molar refractivity (Wildman–Crippen MR) is 96.7 cm³/mol. The van der Waals surface area contributed by atoms with E-state index in [0.29, 0.717) is 32.5 Å². The Morgan fingerprint density at radius 1 is 1.07 bits per heavy atom. The number of rotatable bonds is 5. The highest BCUT2D eigenvalue weighted by atomic mass is 16.4. The van der Waals surface area contributed by atoms with Gasteiger partial charge in [0.05, 0.1) is 18.4 Å². The summed E-state index contributed by atoms with van der Waals surface area (Å²) in [6.07, 6.45) is 5.46. The molecule has 0 radical (unpaired) electrons. The lowest BCUT2D eigenvalue weighted by Gasteiger charge is -2.32. The summed E-state index contributed by atoms with van der Waals surface area (Å²) in [5.41, 5.74) is 0. The van der Waals surface area contributed by atoms with Crippen molar-refractivity contribution in [3.8, 4) is 0 Å². The van der Waals surface area contributed by atoms with Crippen LogP contribution in [0.3, 0.4) is 0 Å². The minimum Gasteiger partial charge on any atom is -0.481 e. The zero-order chi connectivity index (χ0) is 19.6. The SMILES string of the molecule is CN(CC(=O)N1CCC(C(=O)O)CC1)C(=O)C1CC(=O)N(C2CCCC2)C1. The molecule has 8 nitrogen and oxygen atoms in total. The molecule has 27 heavy (non-hydrogen) atoms. The number of hydrogen-bond donors (Lipinski definition) is 1. The Morgan fingerprint density at radius 2 is 1.70 bits per heavy atom. The Morgan fingerprint density at radius 3 is 2.30 bits per heavy atom. The maximum atomic E-state index is 12.7. The fraction of sp³-hybridized carbons (Fsp3) is 0.789. The number of piperidine rings is 1. The summed E-state index contributed by atoms with van der Waals surface area (Å²) in [5.74, 6) is -1.83. The first kappa shape index (κ1) is 19.6. The van der Waals surface area contributed by atoms with Gasteiger partial charge >= 0.3 is 5.97 Å². The molecule has 0 aromatic heterocycles. The van der Waals surface area contributed by atoms with E-state index < -0.39 is 5.97 Å². The minimum absolute atomic E-state index is 0.0231. The highest BCUT2D eigenvalue weighted by Gasteiger charge is 2.40. The summed E-state index contributed by atoms with van der Waals surface area (Å²) in [6.45, 7) is 1.26. The van der Waals surface area contributed by atoms with E-state index in [-0.39, 0.29) is 48.6 Å². The Labute approximate surface area is 159 Å². The Bertz CT molecular complexity index is 608. The first-order valence-corrected chi connectivity index (χ1v) is 9.92. The van der Waals surface area contributed by atoms with Crippen molar-refractivity contribution in [2.75, 3.05) is 33.2 Å². The molecule has 2 heterocycles. The topological polar surface area (TPSA) is 98.2 Å². The van der Waals surface area contributed by atoms with Gasteiger partial charge in [0, 0.05) is 39.1 Å². The van der Waals surface area contributed by atoms with Gasteiger partial charge in [0.25, 0.3) is 0 Å². The fourth-order valence-corrected chi connectivity index (χ4v) is 4.53. The molecule has 0 aromatic carbocycles. The molecule has 0 aromatic rings. The van der Waals surface area contributed by atoms with Crippen LogP contribution in [0.4, 0.5) is 0 Å². The molecule has 0 bridgehead atoms. The van der Waals surface area contributed by atoms with Crippen molar-refractivity contribution >= 4 is 23.7 Å². The molecular formula is C19H29N3O5. The highest BCUT2D eigenvalue weighted by molar-refractivity contribution is 5.91. The van der Waals surface area contributed by atoms with Crippen LogP contribution < -0.4 is 0 Å². The van der Waals surface area contributed by atoms with Crippen molar-refractivity contribution in [2.24, 2.45) is 11.8 Å². The zero-order valence-corrected chi connectivity index (χ0v) is 15.9. The molecular weight excluding hydrogens is 350 g/mol. The van der Waals surface area contributed by atoms with Crippen LogP contribution in [0.15, 0.2) is 0 Å². The monoisotopic (exact) mass is 379 g/mol. The number of amides is 3. The van der Waals surface area contributed by atoms with Gasteiger partial charge in [-0.3, -0.25) is 19.2 Å². The average Bonchev–Trinajstić information content (AvgIpc) is 3.30. The van der Waals surface area contributed by atoms with Crippen molar-refractivity contribution in [2.45, 2.75) is 51.0 Å². The van der Waals surface area contributed by atoms with Crippen molar-refractivity contribution < 1.29 is 24.3 Å². The maximum absolute atomic E-state index is 12.7. The Hall–Kier alpha value is -2.12. The van der Waals surface area contributed by atoms with E-state index in [1.807, 2.05) is 4.90 Å². The number of carboxylic acid groups (broad SMARTS) is 1. The van der Waals surface area contributed by atoms with E-state index in [1.54, 1.807) is 11.9 Å². The van der Waals surface area contributed by atoms with Gasteiger partial charge in [0.15, 0.2) is 0 Å². The first-order valence-electron chi connectivity index (χ1n) is 9.92. The molecule has 3 amide bonds. The van der Waals surface area contributed by atoms with Crippen LogP contribution in [0.2, 0.25) is 0 Å². The van der Waals surface area contributed by atoms with Crippen molar-refractivity contribution in [3.63, 3.8) is 0 Å². The summed E-state index contributed by atoms with van der Waals surface area (Å²) in [6, 6.07) is 0.276. The van der Waals surface area contributed by atoms with E-state index in [2.05, 4.69) is 0 Å². The van der Waals surface area contributed by atoms with Gasteiger partial charge in [-0.25, -0.2) is 0 Å². The second-order valence-corrected chi connectivity index (χ2v) is 8.07. The average molecular weight is 379 g/mol. The number of carbonyl (C=O) groups excluding carboxylic acids is 3. The molecule has 150 valence electrons. The second-order valence-electron chi connectivity index (χ2n) is 8.07. The van der Waals surface area contributed by atoms with Gasteiger partial charge < -0.3 is 19.8 Å². The molecule has 2 saturated heterocycles. The van der Waals surface area contributed by atoms with Gasteiger partial charge in [-0.05, 0) is 25.7 Å². The third-order valence-electron chi connectivity index (χ3n) is 6.22. The van der Waals surface area contributed by atoms with Crippen LogP contribution in [0.5, 0.6) is 0 Å². The standard InChI is InChI=1S/C19H29N3O5/c1-20(12-17(24)21-8-6-13(7-9-21)19(26)27)18(25)14-10-16(23)22(11-14)15-4-2-3-5-15/h13-15H,2-12H2,1H3,(H,26,27). The summed E-state index contributed by atoms with van der Waals surface area (Å²) in [7, 11) is 1.60. The second kappa shape index (κ2) is 8.27. The Kier molecular flexibility index (Phi) is 6.01. The molecule has 1 aliphatic carbocycles. The van der Waals surface area contributed by atoms with Crippen LogP contribution in [-0.2, 0) is 19.2 Å². The number of likely N-dealkylation sites (tertiary alicyclic amines) is 2. The van der Waals surface area contributed by atoms with Crippen LogP contribution in [0.25, 0.3) is 0 Å². The smallest absolute Gasteiger partial charge is 0.306 e. The quantitative estimate of drug-likeness (QED) is 0.753. The van der Waals surface area contributed by atoms with Gasteiger partial charge in [-0.15, -0.1) is 0 Å². The van der Waals surface area contributed by atoms with Crippen molar-refractivity contribution in [1.29, 1.82) is 0 Å². The number of nitrogens with zero attached hydrogens (tertiary/aromatic N) is 3. The highest BCUT2D eigenvalue weighted by Crippen LogP contribution is 2.30. The molecule has 8 heteroatoms. The molecule has 2 aliphatic heterocycles. The molecule has 1 saturated carbocycles. The van der Waals surface area contributed by atoms with Gasteiger partial charge in [0.2, 0.25) is 17.7 Å². The maximum Gasteiger partial charge on any atom is 0.306 e. The number of likely N-dealkylation sites (N-methyl/N-ethyl adjacent to an activating group) is 1. The van der Waals surface area contributed by atoms with Gasteiger partial charge in [0.1, 0.15) is 0 Å². The van der Waals surface area contributed by atoms with E-state index in [0.717, 1.165) is 25.7 Å². The summed E-state index contributed by atoms with van der Waals surface area (Å²) >= 11 is 0. The molecule has 0 spiro atoms. The van der Waals surface area contributed by atoms with Crippen LogP contribution in [-0.4, -0.2) is 82.8 Å². The summed E-state index contributed by atoms with van der Waals surface area (Å²) in [5, 5.41) is 9.04. The van der Waals surface area contributed by atoms with E-state index in [4.69, 9.17) is 5.11 Å². The summed E-state index contributed by atoms with van der Waals surface area (Å²) < 4.78 is 0. The Balaban J connectivity index is 1.48. The van der Waals surface area contributed by atoms with Gasteiger partial charge in [-0.1, -0.05) is 12.8 Å². The van der Waals surface area contributed by atoms with Crippen LogP contribution in [0.1, 0.15) is 44.9 Å². The lowest BCUT2D eigenvalue weighted by Crippen LogP contribution is -2.46. The largest absolute Gasteiger partial charge is 0.481 e. The summed E-state index contributed by atoms with van der Waals surface area (Å²) in [4.78, 5) is 53.4.